The molecule has 1 amide bonds. The van der Waals surface area contributed by atoms with E-state index in [0.717, 1.165) is 39.3 Å². The lowest BCUT2D eigenvalue weighted by molar-refractivity contribution is -0.117. The van der Waals surface area contributed by atoms with E-state index in [4.69, 9.17) is 16.3 Å². The molecule has 1 aromatic carbocycles. The first-order valence-corrected chi connectivity index (χ1v) is 9.19. The van der Waals surface area contributed by atoms with Crippen LogP contribution in [0.15, 0.2) is 24.3 Å². The van der Waals surface area contributed by atoms with E-state index >= 15 is 0 Å². The van der Waals surface area contributed by atoms with Crippen LogP contribution in [0, 0.1) is 0 Å². The number of piperazine rings is 1. The van der Waals surface area contributed by atoms with Gasteiger partial charge in [-0.2, -0.15) is 0 Å². The zero-order valence-electron chi connectivity index (χ0n) is 14.0. The fraction of sp³-hybridized carbons (Fsp3) is 0.611. The smallest absolute Gasteiger partial charge is 0.238 e. The largest absolute Gasteiger partial charge is 0.377 e. The minimum Gasteiger partial charge on any atom is -0.377 e. The molecule has 5 nitrogen and oxygen atoms in total. The van der Waals surface area contributed by atoms with Crippen LogP contribution in [0.4, 0.5) is 5.69 Å². The zero-order chi connectivity index (χ0) is 16.8. The number of anilines is 1. The van der Waals surface area contributed by atoms with E-state index in [1.807, 2.05) is 18.2 Å². The number of carbonyl (C=O) groups is 1. The highest BCUT2D eigenvalue weighted by Gasteiger charge is 2.23. The average Bonchev–Trinajstić information content (AvgIpc) is 2.60. The lowest BCUT2D eigenvalue weighted by Crippen LogP contribution is -2.50. The standard InChI is InChI=1S/C18H26ClN3O2/c19-16-6-1-2-7-17(16)20-18(23)14-22-10-8-21(9-11-22)13-15-5-3-4-12-24-15/h1-2,6-7,15H,3-5,8-14H2,(H,20,23)/t15-/m0/s1. The molecule has 1 aromatic rings. The number of amides is 1. The number of halogens is 1. The van der Waals surface area contributed by atoms with Crippen molar-refractivity contribution in [2.75, 3.05) is 51.2 Å². The number of rotatable bonds is 5. The first kappa shape index (κ1) is 17.7. The summed E-state index contributed by atoms with van der Waals surface area (Å²) in [6, 6.07) is 7.33. The Morgan fingerprint density at radius 3 is 2.62 bits per heavy atom. The van der Waals surface area contributed by atoms with Gasteiger partial charge in [0.25, 0.3) is 0 Å². The molecule has 24 heavy (non-hydrogen) atoms. The van der Waals surface area contributed by atoms with Gasteiger partial charge in [-0.3, -0.25) is 14.6 Å². The molecule has 132 valence electrons. The molecule has 2 heterocycles. The molecule has 2 aliphatic rings. The van der Waals surface area contributed by atoms with E-state index in [1.165, 1.54) is 19.3 Å². The fourth-order valence-corrected chi connectivity index (χ4v) is 3.51. The van der Waals surface area contributed by atoms with Crippen molar-refractivity contribution < 1.29 is 9.53 Å². The van der Waals surface area contributed by atoms with Crippen LogP contribution < -0.4 is 5.32 Å². The number of ether oxygens (including phenoxy) is 1. The van der Waals surface area contributed by atoms with Crippen molar-refractivity contribution in [3.63, 3.8) is 0 Å². The third kappa shape index (κ3) is 5.18. The van der Waals surface area contributed by atoms with Crippen LogP contribution in [0.3, 0.4) is 0 Å². The Morgan fingerprint density at radius 1 is 1.17 bits per heavy atom. The number of hydrogen-bond donors (Lipinski definition) is 1. The molecule has 0 aliphatic carbocycles. The molecule has 1 N–H and O–H groups in total. The SMILES string of the molecule is O=C(CN1CCN(C[C@@H]2CCCCO2)CC1)Nc1ccccc1Cl. The molecule has 0 radical (unpaired) electrons. The quantitative estimate of drug-likeness (QED) is 0.885. The molecular formula is C18H26ClN3O2. The third-order valence-corrected chi connectivity index (χ3v) is 5.05. The molecule has 0 spiro atoms. The average molecular weight is 352 g/mol. The fourth-order valence-electron chi connectivity index (χ4n) is 3.32. The van der Waals surface area contributed by atoms with Gasteiger partial charge in [0, 0.05) is 39.3 Å². The monoisotopic (exact) mass is 351 g/mol. The number of nitrogens with one attached hydrogen (secondary N) is 1. The zero-order valence-corrected chi connectivity index (χ0v) is 14.8. The van der Waals surface area contributed by atoms with E-state index in [0.29, 0.717) is 23.4 Å². The number of para-hydroxylation sites is 1. The molecule has 1 atom stereocenters. The highest BCUT2D eigenvalue weighted by Crippen LogP contribution is 2.20. The maximum absolute atomic E-state index is 12.2. The Bertz CT molecular complexity index is 541. The van der Waals surface area contributed by atoms with Crippen molar-refractivity contribution in [3.05, 3.63) is 29.3 Å². The summed E-state index contributed by atoms with van der Waals surface area (Å²) in [5.74, 6) is -0.00726. The van der Waals surface area contributed by atoms with E-state index in [-0.39, 0.29) is 5.91 Å². The second kappa shape index (κ2) is 8.81. The molecule has 3 rings (SSSR count). The highest BCUT2D eigenvalue weighted by molar-refractivity contribution is 6.33. The normalized spacial score (nSPS) is 23.1. The van der Waals surface area contributed by atoms with Crippen molar-refractivity contribution in [2.24, 2.45) is 0 Å². The summed E-state index contributed by atoms with van der Waals surface area (Å²) >= 11 is 6.08. The van der Waals surface area contributed by atoms with Crippen LogP contribution in [0.2, 0.25) is 5.02 Å². The molecule has 2 aliphatic heterocycles. The summed E-state index contributed by atoms with van der Waals surface area (Å²) in [6.07, 6.45) is 4.06. The summed E-state index contributed by atoms with van der Waals surface area (Å²) in [5, 5.41) is 3.46. The number of hydrogen-bond acceptors (Lipinski definition) is 4. The van der Waals surface area contributed by atoms with Crippen LogP contribution in [0.5, 0.6) is 0 Å². The molecule has 6 heteroatoms. The van der Waals surface area contributed by atoms with Gasteiger partial charge in [0.1, 0.15) is 0 Å². The Balaban J connectivity index is 1.38. The number of nitrogens with zero attached hydrogens (tertiary/aromatic N) is 2. The third-order valence-electron chi connectivity index (χ3n) is 4.72. The van der Waals surface area contributed by atoms with Gasteiger partial charge in [0.05, 0.1) is 23.4 Å². The Hall–Kier alpha value is -1.14. The minimum absolute atomic E-state index is 0.00726. The molecule has 2 saturated heterocycles. The van der Waals surface area contributed by atoms with Gasteiger partial charge in [0.15, 0.2) is 0 Å². The van der Waals surface area contributed by atoms with Crippen molar-refractivity contribution in [1.29, 1.82) is 0 Å². The summed E-state index contributed by atoms with van der Waals surface area (Å²) in [4.78, 5) is 16.8. The lowest BCUT2D eigenvalue weighted by Gasteiger charge is -2.36. The topological polar surface area (TPSA) is 44.8 Å². The molecule has 0 bridgehead atoms. The predicted octanol–water partition coefficient (Wildman–Crippen LogP) is 2.47. The van der Waals surface area contributed by atoms with Crippen LogP contribution in [-0.4, -0.2) is 67.7 Å². The van der Waals surface area contributed by atoms with Gasteiger partial charge in [-0.15, -0.1) is 0 Å². The Labute approximate surface area is 148 Å². The van der Waals surface area contributed by atoms with Gasteiger partial charge >= 0.3 is 0 Å². The van der Waals surface area contributed by atoms with Crippen molar-refractivity contribution in [3.8, 4) is 0 Å². The van der Waals surface area contributed by atoms with Gasteiger partial charge in [-0.1, -0.05) is 23.7 Å². The maximum atomic E-state index is 12.2. The van der Waals surface area contributed by atoms with Crippen LogP contribution in [0.25, 0.3) is 0 Å². The molecule has 0 unspecified atom stereocenters. The van der Waals surface area contributed by atoms with Crippen molar-refractivity contribution in [1.82, 2.24) is 9.80 Å². The predicted molar refractivity (Wildman–Crippen MR) is 96.6 cm³/mol. The van der Waals surface area contributed by atoms with E-state index in [2.05, 4.69) is 15.1 Å². The van der Waals surface area contributed by atoms with E-state index in [9.17, 15) is 4.79 Å². The van der Waals surface area contributed by atoms with Gasteiger partial charge in [0.2, 0.25) is 5.91 Å². The molecular weight excluding hydrogens is 326 g/mol. The van der Waals surface area contributed by atoms with E-state index in [1.54, 1.807) is 6.07 Å². The molecule has 0 aromatic heterocycles. The summed E-state index contributed by atoms with van der Waals surface area (Å²) in [5.41, 5.74) is 0.678. The van der Waals surface area contributed by atoms with Gasteiger partial charge in [-0.25, -0.2) is 0 Å². The Morgan fingerprint density at radius 2 is 1.92 bits per heavy atom. The first-order valence-electron chi connectivity index (χ1n) is 8.81. The van der Waals surface area contributed by atoms with E-state index < -0.39 is 0 Å². The lowest BCUT2D eigenvalue weighted by atomic mass is 10.1. The second-order valence-electron chi connectivity index (χ2n) is 6.59. The van der Waals surface area contributed by atoms with Crippen LogP contribution >= 0.6 is 11.6 Å². The van der Waals surface area contributed by atoms with Crippen LogP contribution in [-0.2, 0) is 9.53 Å². The molecule has 0 saturated carbocycles. The van der Waals surface area contributed by atoms with Gasteiger partial charge < -0.3 is 10.1 Å². The highest BCUT2D eigenvalue weighted by atomic mass is 35.5. The second-order valence-corrected chi connectivity index (χ2v) is 7.00. The van der Waals surface area contributed by atoms with Crippen molar-refractivity contribution in [2.45, 2.75) is 25.4 Å². The van der Waals surface area contributed by atoms with Crippen molar-refractivity contribution >= 4 is 23.2 Å². The van der Waals surface area contributed by atoms with Gasteiger partial charge in [-0.05, 0) is 31.4 Å². The number of carbonyl (C=O) groups excluding carboxylic acids is 1. The number of benzene rings is 1. The first-order chi connectivity index (χ1) is 11.7. The minimum atomic E-state index is -0.00726. The summed E-state index contributed by atoms with van der Waals surface area (Å²) in [7, 11) is 0. The maximum Gasteiger partial charge on any atom is 0.238 e. The van der Waals surface area contributed by atoms with Crippen LogP contribution in [0.1, 0.15) is 19.3 Å². The Kier molecular flexibility index (Phi) is 6.49. The summed E-state index contributed by atoms with van der Waals surface area (Å²) < 4.78 is 5.82. The molecule has 2 fully saturated rings. The summed E-state index contributed by atoms with van der Waals surface area (Å²) in [6.45, 7) is 6.19.